The lowest BCUT2D eigenvalue weighted by Gasteiger charge is -2.12. The Labute approximate surface area is 89.8 Å². The first-order valence-corrected chi connectivity index (χ1v) is 4.92. The summed E-state index contributed by atoms with van der Waals surface area (Å²) in [5, 5.41) is 0. The molecule has 0 saturated carbocycles. The summed E-state index contributed by atoms with van der Waals surface area (Å²) in [5.41, 5.74) is 13.1. The molecule has 0 spiro atoms. The largest absolute Gasteiger partial charge is 0.320 e. The van der Waals surface area contributed by atoms with Crippen molar-refractivity contribution in [2.75, 3.05) is 7.05 Å². The third-order valence-electron chi connectivity index (χ3n) is 2.29. The van der Waals surface area contributed by atoms with Crippen LogP contribution in [0.15, 0.2) is 24.3 Å². The van der Waals surface area contributed by atoms with Crippen molar-refractivity contribution < 1.29 is 4.79 Å². The molecule has 1 aromatic rings. The second-order valence-corrected chi connectivity index (χ2v) is 3.48. The number of carbonyl (C=O) groups is 1. The number of rotatable bonds is 4. The molecule has 0 radical (unpaired) electrons. The molecule has 0 aliphatic carbocycles. The van der Waals surface area contributed by atoms with Crippen LogP contribution >= 0.6 is 0 Å². The van der Waals surface area contributed by atoms with E-state index in [2.05, 4.69) is 10.9 Å². The fourth-order valence-electron chi connectivity index (χ4n) is 1.38. The van der Waals surface area contributed by atoms with Crippen molar-refractivity contribution in [2.24, 2.45) is 5.73 Å². The summed E-state index contributed by atoms with van der Waals surface area (Å²) in [7, 11) is 1.64. The number of nitrogens with two attached hydrogens (primary N) is 1. The predicted molar refractivity (Wildman–Crippen MR) is 60.1 cm³/mol. The van der Waals surface area contributed by atoms with Gasteiger partial charge in [-0.2, -0.15) is 0 Å². The molecule has 0 bridgehead atoms. The van der Waals surface area contributed by atoms with E-state index in [9.17, 15) is 4.79 Å². The maximum Gasteiger partial charge on any atom is 0.251 e. The molecule has 4 heteroatoms. The van der Waals surface area contributed by atoms with E-state index >= 15 is 0 Å². The number of hydrazine groups is 1. The zero-order chi connectivity index (χ0) is 11.3. The summed E-state index contributed by atoms with van der Waals surface area (Å²) in [6.07, 6.45) is 0.556. The summed E-state index contributed by atoms with van der Waals surface area (Å²) in [5.74, 6) is -0.194. The van der Waals surface area contributed by atoms with Gasteiger partial charge < -0.3 is 5.73 Å². The summed E-state index contributed by atoms with van der Waals surface area (Å²) in [6, 6.07) is 7.40. The molecule has 0 aromatic heterocycles. The van der Waals surface area contributed by atoms with Gasteiger partial charge in [-0.05, 0) is 24.5 Å². The molecular formula is C11H17N3O. The van der Waals surface area contributed by atoms with Crippen LogP contribution in [-0.4, -0.2) is 19.0 Å². The molecule has 0 saturated heterocycles. The van der Waals surface area contributed by atoms with E-state index < -0.39 is 6.04 Å². The van der Waals surface area contributed by atoms with E-state index in [-0.39, 0.29) is 5.91 Å². The average Bonchev–Trinajstić information content (AvgIpc) is 2.21. The third-order valence-corrected chi connectivity index (χ3v) is 2.29. The highest BCUT2D eigenvalue weighted by molar-refractivity contribution is 5.81. The van der Waals surface area contributed by atoms with Crippen molar-refractivity contribution in [3.8, 4) is 0 Å². The van der Waals surface area contributed by atoms with E-state index in [4.69, 9.17) is 5.73 Å². The maximum atomic E-state index is 11.4. The average molecular weight is 207 g/mol. The first kappa shape index (κ1) is 11.7. The number of aryl methyl sites for hydroxylation is 1. The van der Waals surface area contributed by atoms with E-state index in [0.717, 1.165) is 11.1 Å². The Morgan fingerprint density at radius 2 is 2.13 bits per heavy atom. The first-order chi connectivity index (χ1) is 7.15. The van der Waals surface area contributed by atoms with Crippen molar-refractivity contribution in [1.29, 1.82) is 0 Å². The fourth-order valence-corrected chi connectivity index (χ4v) is 1.38. The Balaban J connectivity index is 2.62. The van der Waals surface area contributed by atoms with Crippen LogP contribution in [0.5, 0.6) is 0 Å². The standard InChI is InChI=1S/C11H17N3O/c1-8-5-3-4-6-9(8)7-10(12)11(15)14-13-2/h3-6,10,13H,7,12H2,1-2H3,(H,14,15). The van der Waals surface area contributed by atoms with Crippen LogP contribution in [-0.2, 0) is 11.2 Å². The molecule has 1 aromatic carbocycles. The highest BCUT2D eigenvalue weighted by atomic mass is 16.2. The first-order valence-electron chi connectivity index (χ1n) is 4.92. The van der Waals surface area contributed by atoms with Crippen LogP contribution < -0.4 is 16.6 Å². The van der Waals surface area contributed by atoms with Crippen LogP contribution in [0.25, 0.3) is 0 Å². The highest BCUT2D eigenvalue weighted by Crippen LogP contribution is 2.08. The second kappa shape index (κ2) is 5.48. The smallest absolute Gasteiger partial charge is 0.251 e. The van der Waals surface area contributed by atoms with Crippen molar-refractivity contribution in [1.82, 2.24) is 10.9 Å². The number of nitrogens with one attached hydrogen (secondary N) is 2. The van der Waals surface area contributed by atoms with Gasteiger partial charge in [-0.3, -0.25) is 10.2 Å². The van der Waals surface area contributed by atoms with Gasteiger partial charge in [0.1, 0.15) is 0 Å². The molecule has 1 atom stereocenters. The number of amides is 1. The van der Waals surface area contributed by atoms with Crippen LogP contribution in [0, 0.1) is 6.92 Å². The molecular weight excluding hydrogens is 190 g/mol. The minimum atomic E-state index is -0.515. The Morgan fingerprint density at radius 1 is 1.47 bits per heavy atom. The summed E-state index contributed by atoms with van der Waals surface area (Å²) < 4.78 is 0. The van der Waals surface area contributed by atoms with Gasteiger partial charge in [-0.1, -0.05) is 24.3 Å². The van der Waals surface area contributed by atoms with Crippen LogP contribution in [0.2, 0.25) is 0 Å². The van der Waals surface area contributed by atoms with Gasteiger partial charge in [0.2, 0.25) is 0 Å². The summed E-state index contributed by atoms with van der Waals surface area (Å²) >= 11 is 0. The summed E-state index contributed by atoms with van der Waals surface area (Å²) in [4.78, 5) is 11.4. The van der Waals surface area contributed by atoms with E-state index in [0.29, 0.717) is 6.42 Å². The predicted octanol–water partition coefficient (Wildman–Crippen LogP) is 0.115. The molecule has 4 N–H and O–H groups in total. The van der Waals surface area contributed by atoms with Crippen LogP contribution in [0.1, 0.15) is 11.1 Å². The van der Waals surface area contributed by atoms with Gasteiger partial charge >= 0.3 is 0 Å². The molecule has 4 nitrogen and oxygen atoms in total. The van der Waals surface area contributed by atoms with E-state index in [1.165, 1.54) is 0 Å². The van der Waals surface area contributed by atoms with Gasteiger partial charge in [0.05, 0.1) is 6.04 Å². The molecule has 1 amide bonds. The molecule has 1 rings (SSSR count). The van der Waals surface area contributed by atoms with Gasteiger partial charge in [-0.15, -0.1) is 0 Å². The van der Waals surface area contributed by atoms with Crippen LogP contribution in [0.4, 0.5) is 0 Å². The van der Waals surface area contributed by atoms with Crippen molar-refractivity contribution in [3.05, 3.63) is 35.4 Å². The lowest BCUT2D eigenvalue weighted by atomic mass is 10.0. The Hall–Kier alpha value is -1.39. The Kier molecular flexibility index (Phi) is 4.27. The molecule has 0 aliphatic heterocycles. The SMILES string of the molecule is CNNC(=O)C(N)Cc1ccccc1C. The number of hydrogen-bond acceptors (Lipinski definition) is 3. The number of carbonyl (C=O) groups excluding carboxylic acids is 1. The molecule has 0 heterocycles. The number of benzene rings is 1. The Bertz CT molecular complexity index is 338. The lowest BCUT2D eigenvalue weighted by Crippen LogP contribution is -2.46. The quantitative estimate of drug-likeness (QED) is 0.614. The molecule has 1 unspecified atom stereocenters. The molecule has 0 aliphatic rings. The molecule has 15 heavy (non-hydrogen) atoms. The highest BCUT2D eigenvalue weighted by Gasteiger charge is 2.13. The normalized spacial score (nSPS) is 12.2. The van der Waals surface area contributed by atoms with Crippen molar-refractivity contribution >= 4 is 5.91 Å². The van der Waals surface area contributed by atoms with Crippen molar-refractivity contribution in [3.63, 3.8) is 0 Å². The minimum Gasteiger partial charge on any atom is -0.320 e. The maximum absolute atomic E-state index is 11.4. The van der Waals surface area contributed by atoms with E-state index in [1.807, 2.05) is 31.2 Å². The minimum absolute atomic E-state index is 0.194. The Morgan fingerprint density at radius 3 is 2.73 bits per heavy atom. The molecule has 0 fully saturated rings. The van der Waals surface area contributed by atoms with Gasteiger partial charge in [0.25, 0.3) is 5.91 Å². The monoisotopic (exact) mass is 207 g/mol. The van der Waals surface area contributed by atoms with E-state index in [1.54, 1.807) is 7.05 Å². The zero-order valence-corrected chi connectivity index (χ0v) is 9.08. The van der Waals surface area contributed by atoms with Gasteiger partial charge in [0.15, 0.2) is 0 Å². The fraction of sp³-hybridized carbons (Fsp3) is 0.364. The lowest BCUT2D eigenvalue weighted by molar-refractivity contribution is -0.123. The van der Waals surface area contributed by atoms with Crippen molar-refractivity contribution in [2.45, 2.75) is 19.4 Å². The summed E-state index contributed by atoms with van der Waals surface area (Å²) in [6.45, 7) is 2.01. The molecule has 82 valence electrons. The second-order valence-electron chi connectivity index (χ2n) is 3.48. The van der Waals surface area contributed by atoms with Gasteiger partial charge in [0, 0.05) is 7.05 Å². The number of hydrogen-bond donors (Lipinski definition) is 3. The third kappa shape index (κ3) is 3.34. The van der Waals surface area contributed by atoms with Crippen LogP contribution in [0.3, 0.4) is 0 Å². The topological polar surface area (TPSA) is 67.1 Å². The van der Waals surface area contributed by atoms with Gasteiger partial charge in [-0.25, -0.2) is 5.43 Å². The zero-order valence-electron chi connectivity index (χ0n) is 9.08.